The lowest BCUT2D eigenvalue weighted by molar-refractivity contribution is 0.382. The van der Waals surface area contributed by atoms with Crippen LogP contribution in [0, 0.1) is 5.92 Å². The third-order valence-electron chi connectivity index (χ3n) is 1.47. The fraction of sp³-hybridized carbons (Fsp3) is 0.714. The lowest BCUT2D eigenvalue weighted by Crippen LogP contribution is -2.23. The summed E-state index contributed by atoms with van der Waals surface area (Å²) in [6, 6.07) is 10.5. The van der Waals surface area contributed by atoms with E-state index in [0.29, 0.717) is 5.92 Å². The van der Waals surface area contributed by atoms with Crippen molar-refractivity contribution in [3.05, 3.63) is 35.9 Å². The Labute approximate surface area is 158 Å². The van der Waals surface area contributed by atoms with Gasteiger partial charge in [0.15, 0.2) is 0 Å². The summed E-state index contributed by atoms with van der Waals surface area (Å²) < 4.78 is 0. The van der Waals surface area contributed by atoms with E-state index in [4.69, 9.17) is 9.59 Å². The average molecular weight is 367 g/mol. The Kier molecular flexibility index (Phi) is 56.1. The molecule has 0 bridgehead atoms. The van der Waals surface area contributed by atoms with Gasteiger partial charge in [0, 0.05) is 0 Å². The van der Waals surface area contributed by atoms with Gasteiger partial charge < -0.3 is 9.59 Å². The third-order valence-corrected chi connectivity index (χ3v) is 1.47. The van der Waals surface area contributed by atoms with Crippen molar-refractivity contribution in [2.24, 2.45) is 5.92 Å². The van der Waals surface area contributed by atoms with Gasteiger partial charge in [0.1, 0.15) is 0 Å². The van der Waals surface area contributed by atoms with Crippen molar-refractivity contribution in [3.8, 4) is 0 Å². The van der Waals surface area contributed by atoms with Crippen molar-refractivity contribution in [1.29, 1.82) is 0 Å². The molecule has 0 aliphatic heterocycles. The highest BCUT2D eigenvalue weighted by Crippen LogP contribution is 2.11. The normalized spacial score (nSPS) is 7.79. The first-order valence-corrected chi connectivity index (χ1v) is 9.43. The molecule has 0 aliphatic carbocycles. The molecule has 0 atom stereocenters. The molecule has 2 nitrogen and oxygen atoms in total. The Morgan fingerprint density at radius 1 is 0.667 bits per heavy atom. The first kappa shape index (κ1) is 49.5. The van der Waals surface area contributed by atoms with Crippen molar-refractivity contribution in [2.75, 3.05) is 0 Å². The van der Waals surface area contributed by atoms with Gasteiger partial charge in [-0.15, -0.1) is 0 Å². The lowest BCUT2D eigenvalue weighted by atomic mass is 10.0. The van der Waals surface area contributed by atoms with Gasteiger partial charge in [0.05, 0.1) is 0 Å². The van der Waals surface area contributed by atoms with Crippen LogP contribution < -0.4 is 0 Å². The molecule has 1 aromatic carbocycles. The molecule has 0 spiro atoms. The molecule has 0 radical (unpaired) electrons. The largest absolute Gasteiger partial charge is 0.411 e. The molecule has 154 valence electrons. The highest BCUT2D eigenvalue weighted by molar-refractivity contribution is 6.61. The van der Waals surface area contributed by atoms with Crippen LogP contribution in [0.25, 0.3) is 0 Å². The van der Waals surface area contributed by atoms with Gasteiger partial charge in [-0.2, -0.15) is 0 Å². The molecular formula is C21H54O2Si. The second kappa shape index (κ2) is 27.2. The van der Waals surface area contributed by atoms with Crippen molar-refractivity contribution < 1.29 is 9.59 Å². The van der Waals surface area contributed by atoms with E-state index in [2.05, 4.69) is 58.9 Å². The average Bonchev–Trinajstić information content (AvgIpc) is 2.15. The van der Waals surface area contributed by atoms with Crippen LogP contribution in [0.4, 0.5) is 0 Å². The van der Waals surface area contributed by atoms with E-state index >= 15 is 0 Å². The maximum atomic E-state index is 8.22. The summed E-state index contributed by atoms with van der Waals surface area (Å²) in [5.74, 6) is 1.49. The van der Waals surface area contributed by atoms with E-state index in [1.807, 2.05) is 6.07 Å². The van der Waals surface area contributed by atoms with Gasteiger partial charge in [-0.3, -0.25) is 0 Å². The Morgan fingerprint density at radius 3 is 1.00 bits per heavy atom. The third kappa shape index (κ3) is 68.6. The second-order valence-electron chi connectivity index (χ2n) is 5.79. The lowest BCUT2D eigenvalue weighted by Gasteiger charge is -2.01. The van der Waals surface area contributed by atoms with Gasteiger partial charge in [0.2, 0.25) is 0 Å². The predicted molar refractivity (Wildman–Crippen MR) is 123 cm³/mol. The maximum absolute atomic E-state index is 8.22. The molecule has 0 amide bonds. The van der Waals surface area contributed by atoms with Crippen LogP contribution in [0.2, 0.25) is 13.1 Å². The molecule has 24 heavy (non-hydrogen) atoms. The number of hydrogen-bond acceptors (Lipinski definition) is 2. The van der Waals surface area contributed by atoms with Crippen LogP contribution in [0.1, 0.15) is 90.7 Å². The van der Waals surface area contributed by atoms with Crippen molar-refractivity contribution >= 4 is 8.56 Å². The fourth-order valence-electron chi connectivity index (χ4n) is 0.838. The van der Waals surface area contributed by atoms with Crippen LogP contribution in [0.3, 0.4) is 0 Å². The summed E-state index contributed by atoms with van der Waals surface area (Å²) in [7, 11) is -2.61. The first-order chi connectivity index (χ1) is 8.04. The van der Waals surface area contributed by atoms with E-state index in [1.165, 1.54) is 18.7 Å². The van der Waals surface area contributed by atoms with Gasteiger partial charge in [0.25, 0.3) is 0 Å². The van der Waals surface area contributed by atoms with Gasteiger partial charge in [-0.05, 0) is 30.5 Å². The van der Waals surface area contributed by atoms with E-state index in [0.717, 1.165) is 5.92 Å². The van der Waals surface area contributed by atoms with E-state index in [1.54, 1.807) is 0 Å². The first-order valence-electron chi connectivity index (χ1n) is 6.53. The monoisotopic (exact) mass is 366 g/mol. The molecule has 0 unspecified atom stereocenters. The molecule has 0 saturated carbocycles. The summed E-state index contributed by atoms with van der Waals surface area (Å²) in [5, 5.41) is 0. The SMILES string of the molecule is C.C.C.C.C.C.CC(C)C.CC(C)c1ccccc1.C[Si](C)(O)O. The van der Waals surface area contributed by atoms with E-state index in [-0.39, 0.29) is 44.6 Å². The Balaban J connectivity index is -0.0000000256. The zero-order valence-electron chi connectivity index (χ0n) is 12.9. The van der Waals surface area contributed by atoms with Gasteiger partial charge in [-0.1, -0.05) is 110 Å². The minimum atomic E-state index is -2.61. The molecule has 3 heteroatoms. The summed E-state index contributed by atoms with van der Waals surface area (Å²) in [4.78, 5) is 16.4. The zero-order chi connectivity index (χ0) is 14.8. The molecule has 2 N–H and O–H groups in total. The number of hydrogen-bond donors (Lipinski definition) is 2. The standard InChI is InChI=1S/C9H12.C4H10.C2H8O2Si.6CH4/c1-8(2)9-6-4-3-5-7-9;1-4(2)3;1-5(2,3)4;;;;;;/h3-8H,1-2H3;4H,1-3H3;3-4H,1-2H3;6*1H4. The summed E-state index contributed by atoms with van der Waals surface area (Å²) >= 11 is 0. The van der Waals surface area contributed by atoms with E-state index < -0.39 is 8.56 Å². The number of rotatable bonds is 1. The highest BCUT2D eigenvalue weighted by Gasteiger charge is 2.08. The Hall–Kier alpha value is -0.643. The summed E-state index contributed by atoms with van der Waals surface area (Å²) in [5.41, 5.74) is 1.41. The molecule has 1 rings (SSSR count). The molecule has 0 heterocycles. The highest BCUT2D eigenvalue weighted by atomic mass is 28.4. The molecule has 1 aromatic rings. The summed E-state index contributed by atoms with van der Waals surface area (Å²) in [6.45, 7) is 13.8. The molecule has 0 saturated heterocycles. The minimum Gasteiger partial charge on any atom is -0.411 e. The smallest absolute Gasteiger partial charge is 0.326 e. The van der Waals surface area contributed by atoms with Crippen LogP contribution in [0.5, 0.6) is 0 Å². The van der Waals surface area contributed by atoms with Crippen molar-refractivity contribution in [2.45, 2.75) is 98.2 Å². The van der Waals surface area contributed by atoms with E-state index in [9.17, 15) is 0 Å². The van der Waals surface area contributed by atoms with Crippen LogP contribution >= 0.6 is 0 Å². The maximum Gasteiger partial charge on any atom is 0.326 e. The van der Waals surface area contributed by atoms with Crippen LogP contribution in [-0.4, -0.2) is 18.2 Å². The molecule has 0 fully saturated rings. The van der Waals surface area contributed by atoms with Gasteiger partial charge >= 0.3 is 8.56 Å². The molecule has 0 aliphatic rings. The quantitative estimate of drug-likeness (QED) is 0.495. The predicted octanol–water partition coefficient (Wildman–Crippen LogP) is 7.96. The van der Waals surface area contributed by atoms with Crippen molar-refractivity contribution in [1.82, 2.24) is 0 Å². The summed E-state index contributed by atoms with van der Waals surface area (Å²) in [6.07, 6.45) is 0. The second-order valence-corrected chi connectivity index (χ2v) is 8.78. The Morgan fingerprint density at radius 2 is 0.875 bits per heavy atom. The van der Waals surface area contributed by atoms with Crippen molar-refractivity contribution in [3.63, 3.8) is 0 Å². The minimum absolute atomic E-state index is 0. The molecular weight excluding hydrogens is 312 g/mol. The fourth-order valence-corrected chi connectivity index (χ4v) is 0.838. The van der Waals surface area contributed by atoms with Gasteiger partial charge in [-0.25, -0.2) is 0 Å². The Bertz CT molecular complexity index is 269. The van der Waals surface area contributed by atoms with Crippen LogP contribution in [0.15, 0.2) is 30.3 Å². The number of benzene rings is 1. The topological polar surface area (TPSA) is 40.5 Å². The zero-order valence-corrected chi connectivity index (χ0v) is 13.9. The van der Waals surface area contributed by atoms with Crippen LogP contribution in [-0.2, 0) is 0 Å². The molecule has 0 aromatic heterocycles.